The second-order valence-corrected chi connectivity index (χ2v) is 8.76. The number of sulfonamides is 1. The summed E-state index contributed by atoms with van der Waals surface area (Å²) in [5, 5.41) is 2.50. The minimum Gasteiger partial charge on any atom is -0.452 e. The van der Waals surface area contributed by atoms with E-state index in [2.05, 4.69) is 5.32 Å². The molecular weight excluding hydrogens is 423 g/mol. The number of hydrogen-bond donors (Lipinski definition) is 1. The highest BCUT2D eigenvalue weighted by Crippen LogP contribution is 2.22. The molecule has 29 heavy (non-hydrogen) atoms. The SMILES string of the molecule is O=C(COC(=O)c1ccc(S(=O)(=O)N2CCCC2)cc1)Nc1cc(Cl)ccc1F. The summed E-state index contributed by atoms with van der Waals surface area (Å²) in [6.07, 6.45) is 1.65. The Kier molecular flexibility index (Phi) is 6.51. The van der Waals surface area contributed by atoms with E-state index in [4.69, 9.17) is 16.3 Å². The van der Waals surface area contributed by atoms with E-state index in [1.807, 2.05) is 0 Å². The molecule has 2 aromatic carbocycles. The van der Waals surface area contributed by atoms with Gasteiger partial charge in [0, 0.05) is 18.1 Å². The van der Waals surface area contributed by atoms with Gasteiger partial charge in [-0.3, -0.25) is 4.79 Å². The fourth-order valence-corrected chi connectivity index (χ4v) is 4.52. The molecule has 1 aliphatic heterocycles. The summed E-state index contributed by atoms with van der Waals surface area (Å²) in [5.41, 5.74) is -0.0397. The van der Waals surface area contributed by atoms with Gasteiger partial charge in [0.15, 0.2) is 6.61 Å². The van der Waals surface area contributed by atoms with Gasteiger partial charge in [-0.15, -0.1) is 0 Å². The summed E-state index contributed by atoms with van der Waals surface area (Å²) in [4.78, 5) is 24.0. The van der Waals surface area contributed by atoms with Crippen LogP contribution in [0.1, 0.15) is 23.2 Å². The first-order valence-electron chi connectivity index (χ1n) is 8.79. The number of amides is 1. The average molecular weight is 441 g/mol. The first-order valence-corrected chi connectivity index (χ1v) is 10.6. The van der Waals surface area contributed by atoms with Crippen LogP contribution >= 0.6 is 11.6 Å². The minimum atomic E-state index is -3.58. The maximum Gasteiger partial charge on any atom is 0.338 e. The lowest BCUT2D eigenvalue weighted by Gasteiger charge is -2.15. The Morgan fingerprint density at radius 1 is 1.10 bits per heavy atom. The highest BCUT2D eigenvalue weighted by Gasteiger charge is 2.27. The maximum atomic E-state index is 13.6. The average Bonchev–Trinajstić information content (AvgIpc) is 3.25. The Hall–Kier alpha value is -2.49. The molecule has 0 spiro atoms. The Balaban J connectivity index is 1.58. The van der Waals surface area contributed by atoms with Crippen molar-refractivity contribution in [1.29, 1.82) is 0 Å². The van der Waals surface area contributed by atoms with Gasteiger partial charge in [0.05, 0.1) is 16.1 Å². The molecule has 3 rings (SSSR count). The largest absolute Gasteiger partial charge is 0.452 e. The number of hydrogen-bond acceptors (Lipinski definition) is 5. The molecule has 1 saturated heterocycles. The topological polar surface area (TPSA) is 92.8 Å². The molecule has 2 aromatic rings. The van der Waals surface area contributed by atoms with Crippen molar-refractivity contribution in [3.63, 3.8) is 0 Å². The molecule has 0 unspecified atom stereocenters. The van der Waals surface area contributed by atoms with Gasteiger partial charge in [0.1, 0.15) is 5.82 Å². The first-order chi connectivity index (χ1) is 13.8. The number of benzene rings is 2. The van der Waals surface area contributed by atoms with Gasteiger partial charge in [-0.05, 0) is 55.3 Å². The fourth-order valence-electron chi connectivity index (χ4n) is 2.83. The van der Waals surface area contributed by atoms with E-state index < -0.39 is 34.3 Å². The van der Waals surface area contributed by atoms with Gasteiger partial charge in [-0.2, -0.15) is 4.31 Å². The summed E-state index contributed by atoms with van der Waals surface area (Å²) in [5.74, 6) is -2.23. The van der Waals surface area contributed by atoms with Gasteiger partial charge in [0.2, 0.25) is 10.0 Å². The van der Waals surface area contributed by atoms with Crippen LogP contribution in [0.5, 0.6) is 0 Å². The normalized spacial score (nSPS) is 14.6. The molecule has 0 bridgehead atoms. The molecule has 0 aliphatic carbocycles. The zero-order valence-corrected chi connectivity index (χ0v) is 16.8. The second kappa shape index (κ2) is 8.89. The predicted molar refractivity (Wildman–Crippen MR) is 105 cm³/mol. The zero-order chi connectivity index (χ0) is 21.0. The summed E-state index contributed by atoms with van der Waals surface area (Å²) in [6.45, 7) is 0.321. The van der Waals surface area contributed by atoms with Crippen molar-refractivity contribution < 1.29 is 27.1 Å². The van der Waals surface area contributed by atoms with E-state index in [1.165, 1.54) is 40.7 Å². The molecule has 1 aliphatic rings. The Labute approximate surface area is 172 Å². The lowest BCUT2D eigenvalue weighted by atomic mass is 10.2. The van der Waals surface area contributed by atoms with Crippen molar-refractivity contribution in [1.82, 2.24) is 4.31 Å². The van der Waals surface area contributed by atoms with Crippen LogP contribution in [0.25, 0.3) is 0 Å². The van der Waals surface area contributed by atoms with Crippen LogP contribution in [-0.2, 0) is 19.6 Å². The number of nitrogens with one attached hydrogen (secondary N) is 1. The van der Waals surface area contributed by atoms with Crippen molar-refractivity contribution in [2.75, 3.05) is 25.0 Å². The van der Waals surface area contributed by atoms with E-state index in [1.54, 1.807) is 0 Å². The third-order valence-electron chi connectivity index (χ3n) is 4.33. The monoisotopic (exact) mass is 440 g/mol. The number of rotatable bonds is 6. The zero-order valence-electron chi connectivity index (χ0n) is 15.2. The van der Waals surface area contributed by atoms with Crippen molar-refractivity contribution in [3.05, 3.63) is 58.9 Å². The number of nitrogens with zero attached hydrogens (tertiary/aromatic N) is 1. The molecule has 0 saturated carbocycles. The molecule has 0 aromatic heterocycles. The molecule has 1 heterocycles. The number of carbonyl (C=O) groups excluding carboxylic acids is 2. The van der Waals surface area contributed by atoms with E-state index in [0.717, 1.165) is 18.9 Å². The summed E-state index contributed by atoms with van der Waals surface area (Å²) >= 11 is 5.74. The van der Waals surface area contributed by atoms with Crippen molar-refractivity contribution in [2.45, 2.75) is 17.7 Å². The number of halogens is 2. The maximum absolute atomic E-state index is 13.6. The van der Waals surface area contributed by atoms with Crippen LogP contribution in [0.2, 0.25) is 5.02 Å². The van der Waals surface area contributed by atoms with Gasteiger partial charge in [-0.25, -0.2) is 17.6 Å². The van der Waals surface area contributed by atoms with Crippen molar-refractivity contribution >= 4 is 39.2 Å². The van der Waals surface area contributed by atoms with Crippen LogP contribution in [0.15, 0.2) is 47.4 Å². The number of esters is 1. The van der Waals surface area contributed by atoms with Crippen LogP contribution in [0.4, 0.5) is 10.1 Å². The second-order valence-electron chi connectivity index (χ2n) is 6.38. The molecule has 7 nitrogen and oxygen atoms in total. The smallest absolute Gasteiger partial charge is 0.338 e. The van der Waals surface area contributed by atoms with Crippen LogP contribution in [0, 0.1) is 5.82 Å². The summed E-state index contributed by atoms with van der Waals surface area (Å²) in [6, 6.07) is 8.95. The molecule has 10 heteroatoms. The lowest BCUT2D eigenvalue weighted by Crippen LogP contribution is -2.27. The Morgan fingerprint density at radius 3 is 2.41 bits per heavy atom. The van der Waals surface area contributed by atoms with Gasteiger partial charge in [-0.1, -0.05) is 11.6 Å². The van der Waals surface area contributed by atoms with Crippen LogP contribution in [0.3, 0.4) is 0 Å². The Morgan fingerprint density at radius 2 is 1.76 bits per heavy atom. The first kappa shape index (κ1) is 21.2. The molecule has 1 fully saturated rings. The number of anilines is 1. The minimum absolute atomic E-state index is 0.0881. The molecule has 154 valence electrons. The van der Waals surface area contributed by atoms with Crippen molar-refractivity contribution in [2.24, 2.45) is 0 Å². The molecule has 1 N–H and O–H groups in total. The fraction of sp³-hybridized carbons (Fsp3) is 0.263. The number of carbonyl (C=O) groups is 2. The van der Waals surface area contributed by atoms with Gasteiger partial charge < -0.3 is 10.1 Å². The molecule has 0 radical (unpaired) electrons. The molecule has 1 amide bonds. The highest BCUT2D eigenvalue weighted by atomic mass is 35.5. The van der Waals surface area contributed by atoms with Crippen molar-refractivity contribution in [3.8, 4) is 0 Å². The van der Waals surface area contributed by atoms with Gasteiger partial charge >= 0.3 is 5.97 Å². The quantitative estimate of drug-likeness (QED) is 0.697. The summed E-state index contributed by atoms with van der Waals surface area (Å²) < 4.78 is 44.8. The highest BCUT2D eigenvalue weighted by molar-refractivity contribution is 7.89. The van der Waals surface area contributed by atoms with Crippen LogP contribution in [-0.4, -0.2) is 44.3 Å². The molecule has 0 atom stereocenters. The predicted octanol–water partition coefficient (Wildman–Crippen LogP) is 3.06. The van der Waals surface area contributed by atoms with Gasteiger partial charge in [0.25, 0.3) is 5.91 Å². The standard InChI is InChI=1S/C19H18ClFN2O5S/c20-14-5-8-16(21)17(11-14)22-18(24)12-28-19(25)13-3-6-15(7-4-13)29(26,27)23-9-1-2-10-23/h3-8,11H,1-2,9-10,12H2,(H,22,24). The third-order valence-corrected chi connectivity index (χ3v) is 6.48. The van der Waals surface area contributed by atoms with E-state index in [-0.39, 0.29) is 21.2 Å². The van der Waals surface area contributed by atoms with Crippen LogP contribution < -0.4 is 5.32 Å². The van der Waals surface area contributed by atoms with E-state index >= 15 is 0 Å². The number of ether oxygens (including phenoxy) is 1. The Bertz CT molecular complexity index is 1020. The lowest BCUT2D eigenvalue weighted by molar-refractivity contribution is -0.119. The third kappa shape index (κ3) is 5.11. The van der Waals surface area contributed by atoms with E-state index in [0.29, 0.717) is 13.1 Å². The summed E-state index contributed by atoms with van der Waals surface area (Å²) in [7, 11) is -3.58. The van der Waals surface area contributed by atoms with E-state index in [9.17, 15) is 22.4 Å². The molecular formula is C19H18ClFN2O5S.